The maximum absolute atomic E-state index is 11.9. The Morgan fingerprint density at radius 2 is 2.14 bits per heavy atom. The molecule has 4 nitrogen and oxygen atoms in total. The number of amides is 1. The molecule has 0 aliphatic heterocycles. The van der Waals surface area contributed by atoms with Gasteiger partial charge in [0.15, 0.2) is 0 Å². The third kappa shape index (κ3) is 6.44. The van der Waals surface area contributed by atoms with E-state index in [9.17, 15) is 4.79 Å². The van der Waals surface area contributed by atoms with E-state index in [1.807, 2.05) is 31.2 Å². The average molecular weight is 289 g/mol. The standard InChI is InChI=1S/C17H23NO3/c1-3-12-21-14-17(20)18(2)13-16-10-5-4-8-15(16)9-6-7-11-19/h4-5,8,10,19H,3,7,11-14H2,1-2H3. The van der Waals surface area contributed by atoms with Gasteiger partial charge in [-0.2, -0.15) is 0 Å². The lowest BCUT2D eigenvalue weighted by molar-refractivity contribution is -0.135. The van der Waals surface area contributed by atoms with Crippen molar-refractivity contribution in [3.63, 3.8) is 0 Å². The highest BCUT2D eigenvalue weighted by Gasteiger charge is 2.10. The lowest BCUT2D eigenvalue weighted by Crippen LogP contribution is -2.30. The zero-order valence-corrected chi connectivity index (χ0v) is 12.8. The van der Waals surface area contributed by atoms with Gasteiger partial charge in [-0.25, -0.2) is 0 Å². The third-order valence-corrected chi connectivity index (χ3v) is 2.88. The van der Waals surface area contributed by atoms with Gasteiger partial charge in [-0.3, -0.25) is 4.79 Å². The number of nitrogens with zero attached hydrogens (tertiary/aromatic N) is 1. The van der Waals surface area contributed by atoms with Crippen LogP contribution in [0.2, 0.25) is 0 Å². The molecule has 1 amide bonds. The van der Waals surface area contributed by atoms with Crippen LogP contribution in [0.4, 0.5) is 0 Å². The number of aliphatic hydroxyl groups is 1. The summed E-state index contributed by atoms with van der Waals surface area (Å²) in [5.74, 6) is 5.90. The van der Waals surface area contributed by atoms with Crippen molar-refractivity contribution in [1.29, 1.82) is 0 Å². The van der Waals surface area contributed by atoms with E-state index in [-0.39, 0.29) is 19.1 Å². The molecule has 0 atom stereocenters. The van der Waals surface area contributed by atoms with Crippen LogP contribution in [-0.4, -0.2) is 42.8 Å². The first-order chi connectivity index (χ1) is 10.2. The topological polar surface area (TPSA) is 49.8 Å². The minimum atomic E-state index is -0.0402. The van der Waals surface area contributed by atoms with Crippen molar-refractivity contribution in [3.05, 3.63) is 35.4 Å². The summed E-state index contributed by atoms with van der Waals surface area (Å²) >= 11 is 0. The van der Waals surface area contributed by atoms with Gasteiger partial charge in [0.1, 0.15) is 6.61 Å². The van der Waals surface area contributed by atoms with E-state index in [0.29, 0.717) is 19.6 Å². The van der Waals surface area contributed by atoms with E-state index in [1.165, 1.54) is 0 Å². The van der Waals surface area contributed by atoms with Crippen LogP contribution in [0.5, 0.6) is 0 Å². The number of rotatable bonds is 7. The normalized spacial score (nSPS) is 9.86. The van der Waals surface area contributed by atoms with Crippen LogP contribution in [0.15, 0.2) is 24.3 Å². The first-order valence-corrected chi connectivity index (χ1v) is 7.18. The molecule has 1 N–H and O–H groups in total. The number of carbonyl (C=O) groups excluding carboxylic acids is 1. The largest absolute Gasteiger partial charge is 0.395 e. The molecule has 0 unspecified atom stereocenters. The molecule has 1 aromatic rings. The molecule has 4 heteroatoms. The fraction of sp³-hybridized carbons (Fsp3) is 0.471. The Morgan fingerprint density at radius 3 is 2.86 bits per heavy atom. The number of carbonyl (C=O) groups is 1. The second kappa shape index (κ2) is 9.98. The van der Waals surface area contributed by atoms with Crippen LogP contribution in [-0.2, 0) is 16.1 Å². The summed E-state index contributed by atoms with van der Waals surface area (Å²) in [4.78, 5) is 13.6. The molecule has 0 aliphatic rings. The quantitative estimate of drug-likeness (QED) is 0.615. The fourth-order valence-corrected chi connectivity index (χ4v) is 1.75. The summed E-state index contributed by atoms with van der Waals surface area (Å²) in [6.07, 6.45) is 1.36. The minimum absolute atomic E-state index is 0.0402. The minimum Gasteiger partial charge on any atom is -0.395 e. The average Bonchev–Trinajstić information content (AvgIpc) is 2.49. The van der Waals surface area contributed by atoms with Crippen LogP contribution in [0.1, 0.15) is 30.9 Å². The van der Waals surface area contributed by atoms with Crippen molar-refractivity contribution in [3.8, 4) is 11.8 Å². The molecule has 1 aromatic carbocycles. The molecule has 0 saturated carbocycles. The number of ether oxygens (including phenoxy) is 1. The molecule has 0 radical (unpaired) electrons. The van der Waals surface area contributed by atoms with Crippen molar-refractivity contribution >= 4 is 5.91 Å². The highest BCUT2D eigenvalue weighted by molar-refractivity contribution is 5.77. The van der Waals surface area contributed by atoms with Gasteiger partial charge < -0.3 is 14.7 Å². The molecular weight excluding hydrogens is 266 g/mol. The molecule has 0 aromatic heterocycles. The zero-order chi connectivity index (χ0) is 15.5. The Bertz CT molecular complexity index is 502. The lowest BCUT2D eigenvalue weighted by Gasteiger charge is -2.18. The Morgan fingerprint density at radius 1 is 1.38 bits per heavy atom. The van der Waals surface area contributed by atoms with E-state index in [2.05, 4.69) is 11.8 Å². The summed E-state index contributed by atoms with van der Waals surface area (Å²) in [6.45, 7) is 3.28. The van der Waals surface area contributed by atoms with Crippen LogP contribution in [0.3, 0.4) is 0 Å². The van der Waals surface area contributed by atoms with E-state index < -0.39 is 0 Å². The summed E-state index contributed by atoms with van der Waals surface area (Å²) in [5, 5.41) is 8.77. The van der Waals surface area contributed by atoms with E-state index in [1.54, 1.807) is 11.9 Å². The summed E-state index contributed by atoms with van der Waals surface area (Å²) in [5.41, 5.74) is 1.88. The number of benzene rings is 1. The molecule has 0 aliphatic carbocycles. The van der Waals surface area contributed by atoms with Crippen LogP contribution >= 0.6 is 0 Å². The van der Waals surface area contributed by atoms with E-state index >= 15 is 0 Å². The van der Waals surface area contributed by atoms with Crippen molar-refractivity contribution in [2.45, 2.75) is 26.3 Å². The molecule has 0 spiro atoms. The maximum Gasteiger partial charge on any atom is 0.248 e. The highest BCUT2D eigenvalue weighted by atomic mass is 16.5. The second-order valence-electron chi connectivity index (χ2n) is 4.73. The lowest BCUT2D eigenvalue weighted by atomic mass is 10.1. The smallest absolute Gasteiger partial charge is 0.248 e. The van der Waals surface area contributed by atoms with Gasteiger partial charge in [0.2, 0.25) is 5.91 Å². The second-order valence-corrected chi connectivity index (χ2v) is 4.73. The van der Waals surface area contributed by atoms with Gasteiger partial charge in [0.25, 0.3) is 0 Å². The molecule has 1 rings (SSSR count). The van der Waals surface area contributed by atoms with Crippen LogP contribution in [0, 0.1) is 11.8 Å². The van der Waals surface area contributed by atoms with Crippen molar-refractivity contribution in [2.24, 2.45) is 0 Å². The number of likely N-dealkylation sites (N-methyl/N-ethyl adjacent to an activating group) is 1. The van der Waals surface area contributed by atoms with Crippen molar-refractivity contribution < 1.29 is 14.6 Å². The molecular formula is C17H23NO3. The van der Waals surface area contributed by atoms with Crippen molar-refractivity contribution in [2.75, 3.05) is 26.9 Å². The highest BCUT2D eigenvalue weighted by Crippen LogP contribution is 2.10. The summed E-state index contributed by atoms with van der Waals surface area (Å²) in [7, 11) is 1.76. The fourth-order valence-electron chi connectivity index (χ4n) is 1.75. The SMILES string of the molecule is CCCOCC(=O)N(C)Cc1ccccc1C#CCCO. The van der Waals surface area contributed by atoms with Gasteiger partial charge in [-0.05, 0) is 18.1 Å². The predicted octanol–water partition coefficient (Wildman–Crippen LogP) is 1.81. The molecule has 114 valence electrons. The number of hydrogen-bond acceptors (Lipinski definition) is 3. The number of aliphatic hydroxyl groups excluding tert-OH is 1. The first kappa shape index (κ1) is 17.2. The van der Waals surface area contributed by atoms with Crippen LogP contribution < -0.4 is 0 Å². The Hall–Kier alpha value is -1.83. The molecule has 0 heterocycles. The monoisotopic (exact) mass is 289 g/mol. The van der Waals surface area contributed by atoms with Gasteiger partial charge in [0.05, 0.1) is 6.61 Å². The molecule has 0 fully saturated rings. The van der Waals surface area contributed by atoms with Gasteiger partial charge in [-0.1, -0.05) is 37.0 Å². The van der Waals surface area contributed by atoms with Gasteiger partial charge >= 0.3 is 0 Å². The van der Waals surface area contributed by atoms with E-state index in [0.717, 1.165) is 17.5 Å². The number of hydrogen-bond donors (Lipinski definition) is 1. The van der Waals surface area contributed by atoms with Crippen LogP contribution in [0.25, 0.3) is 0 Å². The molecule has 0 saturated heterocycles. The Balaban J connectivity index is 2.65. The molecule has 21 heavy (non-hydrogen) atoms. The van der Waals surface area contributed by atoms with Crippen molar-refractivity contribution in [1.82, 2.24) is 4.90 Å². The van der Waals surface area contributed by atoms with Gasteiger partial charge in [0, 0.05) is 32.2 Å². The Labute approximate surface area is 126 Å². The predicted molar refractivity (Wildman–Crippen MR) is 82.6 cm³/mol. The molecule has 0 bridgehead atoms. The third-order valence-electron chi connectivity index (χ3n) is 2.88. The maximum atomic E-state index is 11.9. The van der Waals surface area contributed by atoms with Gasteiger partial charge in [-0.15, -0.1) is 0 Å². The first-order valence-electron chi connectivity index (χ1n) is 7.18. The zero-order valence-electron chi connectivity index (χ0n) is 12.8. The summed E-state index contributed by atoms with van der Waals surface area (Å²) in [6, 6.07) is 7.72. The van der Waals surface area contributed by atoms with E-state index in [4.69, 9.17) is 9.84 Å². The summed E-state index contributed by atoms with van der Waals surface area (Å²) < 4.78 is 5.27. The Kier molecular flexibility index (Phi) is 8.18.